The van der Waals surface area contributed by atoms with Crippen molar-refractivity contribution >= 4 is 21.7 Å². The van der Waals surface area contributed by atoms with Gasteiger partial charge in [-0.1, -0.05) is 18.2 Å². The van der Waals surface area contributed by atoms with Crippen LogP contribution in [0.1, 0.15) is 45.1 Å². The van der Waals surface area contributed by atoms with Crippen LogP contribution in [0.4, 0.5) is 35.1 Å². The molecule has 0 aromatic heterocycles. The fourth-order valence-corrected chi connectivity index (χ4v) is 9.51. The lowest BCUT2D eigenvalue weighted by molar-refractivity contribution is -0.348. The first-order valence-electron chi connectivity index (χ1n) is 14.8. The van der Waals surface area contributed by atoms with Crippen LogP contribution in [0, 0.1) is 17.7 Å². The van der Waals surface area contributed by atoms with E-state index < -0.39 is 91.7 Å². The van der Waals surface area contributed by atoms with Gasteiger partial charge in [0, 0.05) is 37.0 Å². The molecule has 1 heterocycles. The van der Waals surface area contributed by atoms with Crippen molar-refractivity contribution in [1.82, 2.24) is 10.2 Å². The van der Waals surface area contributed by atoms with Crippen LogP contribution in [-0.2, 0) is 36.3 Å². The number of benzene rings is 2. The third-order valence-corrected chi connectivity index (χ3v) is 11.7. The van der Waals surface area contributed by atoms with Crippen LogP contribution in [0.15, 0.2) is 47.4 Å². The molecule has 1 aliphatic heterocycles. The fourth-order valence-electron chi connectivity index (χ4n) is 7.04. The van der Waals surface area contributed by atoms with Crippen molar-refractivity contribution < 1.29 is 61.0 Å². The standard InChI is InChI=1S/C29H28F8N2O5S/c30-19-3-5-20(6-4-19)45(43,44)26-10-9-23(38-25(42)17-14-24(41)39(15-17)11-12-40)22(26)7-1-16-13-18(2-8-21(16)26)27(31,28(32,33)34)29(35,36)37/h2-6,8,13,17,22-23,40H,1,7,9-12,14-15H2,(H,38,42)/t17-,22-,23+,26+/m0/s1/i12D2. The molecule has 2 amide bonds. The fraction of sp³-hybridized carbons (Fsp3) is 0.517. The van der Waals surface area contributed by atoms with Crippen molar-refractivity contribution in [1.29, 1.82) is 0 Å². The molecule has 0 radical (unpaired) electrons. The van der Waals surface area contributed by atoms with E-state index in [-0.39, 0.29) is 55.8 Å². The highest BCUT2D eigenvalue weighted by Crippen LogP contribution is 2.59. The van der Waals surface area contributed by atoms with Crippen LogP contribution in [-0.4, -0.2) is 68.3 Å². The summed E-state index contributed by atoms with van der Waals surface area (Å²) in [5, 5.41) is 12.2. The Morgan fingerprint density at radius 3 is 2.29 bits per heavy atom. The van der Waals surface area contributed by atoms with E-state index in [2.05, 4.69) is 5.32 Å². The predicted molar refractivity (Wildman–Crippen MR) is 141 cm³/mol. The number of nitrogens with zero attached hydrogens (tertiary/aromatic N) is 1. The quantitative estimate of drug-likeness (QED) is 0.335. The molecule has 1 saturated heterocycles. The maximum Gasteiger partial charge on any atom is 0.435 e. The Balaban J connectivity index is 1.55. The number of sulfone groups is 1. The molecule has 0 spiro atoms. The highest BCUT2D eigenvalue weighted by molar-refractivity contribution is 7.92. The number of hydrogen-bond acceptors (Lipinski definition) is 5. The normalized spacial score (nSPS) is 26.6. The maximum atomic E-state index is 15.0. The van der Waals surface area contributed by atoms with Gasteiger partial charge in [-0.3, -0.25) is 9.59 Å². The van der Waals surface area contributed by atoms with E-state index in [0.717, 1.165) is 35.2 Å². The number of carbonyl (C=O) groups is 2. The Morgan fingerprint density at radius 1 is 1.04 bits per heavy atom. The first kappa shape index (κ1) is 30.4. The van der Waals surface area contributed by atoms with Gasteiger partial charge in [-0.25, -0.2) is 17.2 Å². The SMILES string of the molecule is [2H]C([2H])(O)CN1C[C@@H](C(=O)N[C@@H]2CC[C@@]3(S(=O)(=O)c4ccc(F)cc4)c4ccc(C(F)(C(F)(F)F)C(F)(F)F)cc4CC[C@@H]23)CC1=O. The maximum absolute atomic E-state index is 15.0. The number of nitrogens with one attached hydrogen (secondary N) is 1. The van der Waals surface area contributed by atoms with Gasteiger partial charge >= 0.3 is 18.0 Å². The number of alkyl halides is 7. The summed E-state index contributed by atoms with van der Waals surface area (Å²) in [5.74, 6) is -4.06. The molecule has 246 valence electrons. The van der Waals surface area contributed by atoms with E-state index in [0.29, 0.717) is 6.07 Å². The summed E-state index contributed by atoms with van der Waals surface area (Å²) in [6.45, 7) is -3.66. The number of aliphatic hydroxyl groups is 1. The Bertz CT molecular complexity index is 1670. The van der Waals surface area contributed by atoms with E-state index in [1.807, 2.05) is 0 Å². The summed E-state index contributed by atoms with van der Waals surface area (Å²) in [4.78, 5) is 26.2. The van der Waals surface area contributed by atoms with Gasteiger partial charge in [0.05, 0.1) is 20.1 Å². The van der Waals surface area contributed by atoms with Crippen molar-refractivity contribution in [3.8, 4) is 0 Å². The van der Waals surface area contributed by atoms with Gasteiger partial charge in [-0.2, -0.15) is 26.3 Å². The topological polar surface area (TPSA) is 104 Å². The van der Waals surface area contributed by atoms with Crippen LogP contribution >= 0.6 is 0 Å². The van der Waals surface area contributed by atoms with Gasteiger partial charge in [0.2, 0.25) is 11.8 Å². The number of fused-ring (bicyclic) bond motifs is 3. The first-order valence-corrected chi connectivity index (χ1v) is 15.3. The van der Waals surface area contributed by atoms with Gasteiger partial charge in [0.1, 0.15) is 10.6 Å². The number of β-amino-alcohol motifs (C(OH)–C–C–N with tert-alkyl or cyclic N) is 1. The minimum absolute atomic E-state index is 0.0280. The molecular weight excluding hydrogens is 640 g/mol. The highest BCUT2D eigenvalue weighted by atomic mass is 32.2. The van der Waals surface area contributed by atoms with E-state index >= 15 is 0 Å². The highest BCUT2D eigenvalue weighted by Gasteiger charge is 2.73. The van der Waals surface area contributed by atoms with E-state index in [1.165, 1.54) is 0 Å². The van der Waals surface area contributed by atoms with Gasteiger partial charge < -0.3 is 15.3 Å². The lowest BCUT2D eigenvalue weighted by Crippen LogP contribution is -2.51. The Labute approximate surface area is 255 Å². The molecule has 3 aliphatic rings. The first-order chi connectivity index (χ1) is 21.5. The molecule has 4 atom stereocenters. The zero-order valence-electron chi connectivity index (χ0n) is 25.2. The Kier molecular flexibility index (Phi) is 7.57. The molecule has 0 unspecified atom stereocenters. The number of aryl methyl sites for hydroxylation is 1. The number of carbonyl (C=O) groups excluding carboxylic acids is 2. The molecule has 45 heavy (non-hydrogen) atoms. The monoisotopic (exact) mass is 670 g/mol. The van der Waals surface area contributed by atoms with Crippen molar-refractivity contribution in [2.45, 2.75) is 65.8 Å². The summed E-state index contributed by atoms with van der Waals surface area (Å²) in [6.07, 6.45) is -13.8. The zero-order valence-corrected chi connectivity index (χ0v) is 24.0. The molecule has 2 aromatic rings. The van der Waals surface area contributed by atoms with E-state index in [1.54, 1.807) is 0 Å². The van der Waals surface area contributed by atoms with Crippen LogP contribution in [0.2, 0.25) is 0 Å². The van der Waals surface area contributed by atoms with Gasteiger partial charge in [0.25, 0.3) is 0 Å². The third-order valence-electron chi connectivity index (χ3n) is 9.15. The molecule has 5 rings (SSSR count). The molecule has 2 N–H and O–H groups in total. The average Bonchev–Trinajstić information content (AvgIpc) is 3.51. The summed E-state index contributed by atoms with van der Waals surface area (Å²) in [5.41, 5.74) is -7.95. The average molecular weight is 671 g/mol. The summed E-state index contributed by atoms with van der Waals surface area (Å²) in [6, 6.07) is 4.11. The van der Waals surface area contributed by atoms with Gasteiger partial charge in [0.15, 0.2) is 9.84 Å². The third kappa shape index (κ3) is 5.17. The van der Waals surface area contributed by atoms with Crippen molar-refractivity contribution in [3.63, 3.8) is 0 Å². The largest absolute Gasteiger partial charge is 0.435 e. The van der Waals surface area contributed by atoms with Crippen LogP contribution in [0.5, 0.6) is 0 Å². The second-order valence-electron chi connectivity index (χ2n) is 11.5. The van der Waals surface area contributed by atoms with Crippen molar-refractivity contribution in [2.75, 3.05) is 19.6 Å². The Morgan fingerprint density at radius 2 is 1.69 bits per heavy atom. The number of halogens is 8. The smallest absolute Gasteiger partial charge is 0.395 e. The minimum atomic E-state index is -6.39. The Hall–Kier alpha value is -3.27. The lowest BCUT2D eigenvalue weighted by atomic mass is 9.74. The second kappa shape index (κ2) is 11.2. The number of rotatable bonds is 7. The predicted octanol–water partition coefficient (Wildman–Crippen LogP) is 4.47. The second-order valence-corrected chi connectivity index (χ2v) is 13.7. The van der Waals surface area contributed by atoms with Gasteiger partial charge in [-0.05, 0) is 61.1 Å². The molecule has 2 aliphatic carbocycles. The molecule has 2 aromatic carbocycles. The number of amides is 2. The molecule has 7 nitrogen and oxygen atoms in total. The lowest BCUT2D eigenvalue weighted by Gasteiger charge is -2.43. The van der Waals surface area contributed by atoms with Crippen LogP contribution < -0.4 is 5.32 Å². The van der Waals surface area contributed by atoms with Gasteiger partial charge in [-0.15, -0.1) is 0 Å². The molecule has 2 fully saturated rings. The molecular formula is C29H28F8N2O5S. The molecule has 0 bridgehead atoms. The number of hydrogen-bond donors (Lipinski definition) is 2. The molecule has 1 saturated carbocycles. The summed E-state index contributed by atoms with van der Waals surface area (Å²) in [7, 11) is -4.61. The molecule has 16 heteroatoms. The van der Waals surface area contributed by atoms with E-state index in [4.69, 9.17) is 2.74 Å². The summed E-state index contributed by atoms with van der Waals surface area (Å²) >= 11 is 0. The van der Waals surface area contributed by atoms with Crippen LogP contribution in [0.25, 0.3) is 0 Å². The number of likely N-dealkylation sites (tertiary alicyclic amines) is 1. The van der Waals surface area contributed by atoms with E-state index in [9.17, 15) is 58.2 Å². The summed E-state index contributed by atoms with van der Waals surface area (Å²) < 4.78 is 151. The van der Waals surface area contributed by atoms with Crippen LogP contribution in [0.3, 0.4) is 0 Å². The van der Waals surface area contributed by atoms with Crippen molar-refractivity contribution in [2.24, 2.45) is 11.8 Å². The van der Waals surface area contributed by atoms with Crippen molar-refractivity contribution in [3.05, 3.63) is 65.0 Å². The minimum Gasteiger partial charge on any atom is -0.395 e. The zero-order chi connectivity index (χ0) is 35.0.